The second-order valence-electron chi connectivity index (χ2n) is 4.66. The third kappa shape index (κ3) is 2.00. The van der Waals surface area contributed by atoms with Gasteiger partial charge in [0.1, 0.15) is 11.5 Å². The molecule has 17 heavy (non-hydrogen) atoms. The van der Waals surface area contributed by atoms with E-state index in [2.05, 4.69) is 0 Å². The summed E-state index contributed by atoms with van der Waals surface area (Å²) in [6, 6.07) is 3.75. The van der Waals surface area contributed by atoms with Gasteiger partial charge in [0.15, 0.2) is 0 Å². The van der Waals surface area contributed by atoms with E-state index in [1.807, 2.05) is 26.0 Å². The molecular formula is C13H18O3S. The zero-order valence-electron chi connectivity index (χ0n) is 10.6. The van der Waals surface area contributed by atoms with Crippen LogP contribution < -0.4 is 9.47 Å². The number of benzene rings is 1. The monoisotopic (exact) mass is 254 g/mol. The molecule has 0 fully saturated rings. The fraction of sp³-hybridized carbons (Fsp3) is 0.538. The van der Waals surface area contributed by atoms with Gasteiger partial charge in [-0.1, -0.05) is 0 Å². The van der Waals surface area contributed by atoms with E-state index in [1.54, 1.807) is 26.0 Å². The van der Waals surface area contributed by atoms with Crippen LogP contribution in [-0.2, 0) is 5.75 Å². The van der Waals surface area contributed by atoms with E-state index >= 15 is 0 Å². The Labute approximate surface area is 106 Å². The average Bonchev–Trinajstić information content (AvgIpc) is 2.32. The van der Waals surface area contributed by atoms with Gasteiger partial charge in [-0.25, -0.2) is 0 Å². The van der Waals surface area contributed by atoms with Gasteiger partial charge in [0.05, 0.1) is 20.3 Å². The summed E-state index contributed by atoms with van der Waals surface area (Å²) in [6.07, 6.45) is -0.540. The summed E-state index contributed by atoms with van der Waals surface area (Å²) < 4.78 is 10.5. The lowest BCUT2D eigenvalue weighted by molar-refractivity contribution is 0.137. The molecule has 1 heterocycles. The number of thioether (sulfide) groups is 1. The Balaban J connectivity index is 2.60. The highest BCUT2D eigenvalue weighted by atomic mass is 32.2. The average molecular weight is 254 g/mol. The predicted octanol–water partition coefficient (Wildman–Crippen LogP) is 2.76. The van der Waals surface area contributed by atoms with Crippen molar-refractivity contribution in [1.29, 1.82) is 0 Å². The fourth-order valence-electron chi connectivity index (χ4n) is 2.13. The van der Waals surface area contributed by atoms with E-state index in [1.165, 1.54) is 0 Å². The van der Waals surface area contributed by atoms with Crippen molar-refractivity contribution in [1.82, 2.24) is 0 Å². The summed E-state index contributed by atoms with van der Waals surface area (Å²) in [5.41, 5.74) is 1.92. The van der Waals surface area contributed by atoms with Crippen molar-refractivity contribution >= 4 is 11.8 Å². The largest absolute Gasteiger partial charge is 0.496 e. The predicted molar refractivity (Wildman–Crippen MR) is 69.9 cm³/mol. The van der Waals surface area contributed by atoms with Crippen molar-refractivity contribution < 1.29 is 14.6 Å². The van der Waals surface area contributed by atoms with Crippen molar-refractivity contribution in [3.8, 4) is 11.5 Å². The number of rotatable bonds is 2. The Kier molecular flexibility index (Phi) is 3.27. The normalized spacial score (nSPS) is 21.8. The molecule has 0 amide bonds. The van der Waals surface area contributed by atoms with E-state index in [9.17, 15) is 5.11 Å². The van der Waals surface area contributed by atoms with Crippen LogP contribution in [0.1, 0.15) is 31.1 Å². The number of fused-ring (bicyclic) bond motifs is 1. The molecule has 4 heteroatoms. The minimum Gasteiger partial charge on any atom is -0.496 e. The van der Waals surface area contributed by atoms with E-state index in [4.69, 9.17) is 9.47 Å². The van der Waals surface area contributed by atoms with Crippen LogP contribution in [0.3, 0.4) is 0 Å². The van der Waals surface area contributed by atoms with Crippen LogP contribution in [0.15, 0.2) is 12.1 Å². The van der Waals surface area contributed by atoms with E-state index in [0.717, 1.165) is 28.4 Å². The highest BCUT2D eigenvalue weighted by Gasteiger charge is 2.38. The maximum atomic E-state index is 10.5. The van der Waals surface area contributed by atoms with Gasteiger partial charge in [0, 0.05) is 21.6 Å². The van der Waals surface area contributed by atoms with Gasteiger partial charge in [-0.15, -0.1) is 11.8 Å². The fourth-order valence-corrected chi connectivity index (χ4v) is 3.22. The Morgan fingerprint density at radius 2 is 1.82 bits per heavy atom. The maximum Gasteiger partial charge on any atom is 0.125 e. The second kappa shape index (κ2) is 4.42. The molecule has 0 spiro atoms. The van der Waals surface area contributed by atoms with Gasteiger partial charge >= 0.3 is 0 Å². The van der Waals surface area contributed by atoms with Gasteiger partial charge < -0.3 is 14.6 Å². The number of ether oxygens (including phenoxy) is 2. The van der Waals surface area contributed by atoms with E-state index in [0.29, 0.717) is 0 Å². The van der Waals surface area contributed by atoms with Crippen LogP contribution in [0.2, 0.25) is 0 Å². The summed E-state index contributed by atoms with van der Waals surface area (Å²) in [5, 5.41) is 10.5. The summed E-state index contributed by atoms with van der Waals surface area (Å²) in [6.45, 7) is 4.09. The lowest BCUT2D eigenvalue weighted by Crippen LogP contribution is -2.30. The van der Waals surface area contributed by atoms with Crippen LogP contribution in [0.4, 0.5) is 0 Å². The van der Waals surface area contributed by atoms with E-state index in [-0.39, 0.29) is 4.75 Å². The first-order valence-corrected chi connectivity index (χ1v) is 6.55. The van der Waals surface area contributed by atoms with Gasteiger partial charge in [-0.2, -0.15) is 0 Å². The Hall–Kier alpha value is -0.870. The van der Waals surface area contributed by atoms with Gasteiger partial charge in [-0.05, 0) is 26.0 Å². The van der Waals surface area contributed by atoms with Crippen molar-refractivity contribution in [2.45, 2.75) is 30.5 Å². The maximum absolute atomic E-state index is 10.5. The van der Waals surface area contributed by atoms with Crippen molar-refractivity contribution in [2.75, 3.05) is 14.2 Å². The molecule has 0 bridgehead atoms. The van der Waals surface area contributed by atoms with Gasteiger partial charge in [0.2, 0.25) is 0 Å². The first kappa shape index (κ1) is 12.6. The topological polar surface area (TPSA) is 38.7 Å². The number of aliphatic hydroxyl groups excluding tert-OH is 1. The van der Waals surface area contributed by atoms with Crippen molar-refractivity contribution in [3.05, 3.63) is 23.3 Å². The molecular weight excluding hydrogens is 236 g/mol. The summed E-state index contributed by atoms with van der Waals surface area (Å²) >= 11 is 1.73. The van der Waals surface area contributed by atoms with Gasteiger partial charge in [-0.3, -0.25) is 0 Å². The third-order valence-electron chi connectivity index (χ3n) is 3.23. The van der Waals surface area contributed by atoms with Gasteiger partial charge in [0.25, 0.3) is 0 Å². The molecule has 1 atom stereocenters. The molecule has 0 saturated heterocycles. The molecule has 1 aromatic carbocycles. The van der Waals surface area contributed by atoms with Crippen LogP contribution >= 0.6 is 11.8 Å². The Morgan fingerprint density at radius 3 is 2.41 bits per heavy atom. The van der Waals surface area contributed by atoms with Crippen LogP contribution in [-0.4, -0.2) is 24.1 Å². The first-order chi connectivity index (χ1) is 8.01. The van der Waals surface area contributed by atoms with E-state index < -0.39 is 6.10 Å². The zero-order chi connectivity index (χ0) is 12.6. The second-order valence-corrected chi connectivity index (χ2v) is 6.29. The third-order valence-corrected chi connectivity index (χ3v) is 4.63. The van der Waals surface area contributed by atoms with Crippen LogP contribution in [0.5, 0.6) is 11.5 Å². The smallest absolute Gasteiger partial charge is 0.125 e. The van der Waals surface area contributed by atoms with Crippen molar-refractivity contribution in [2.24, 2.45) is 0 Å². The minimum absolute atomic E-state index is 0.202. The molecule has 2 rings (SSSR count). The number of aliphatic hydroxyl groups is 1. The van der Waals surface area contributed by atoms with Crippen LogP contribution in [0, 0.1) is 0 Å². The summed E-state index contributed by atoms with van der Waals surface area (Å²) in [5.74, 6) is 2.39. The summed E-state index contributed by atoms with van der Waals surface area (Å²) in [7, 11) is 3.28. The molecule has 1 N–H and O–H groups in total. The first-order valence-electron chi connectivity index (χ1n) is 5.57. The highest BCUT2D eigenvalue weighted by Crippen LogP contribution is 2.50. The standard InChI is InChI=1S/C13H18O3S/c1-13(2)12(14)11-8(7-17-13)9(15-3)5-6-10(11)16-4/h5-6,12,14H,7H2,1-4H3. The highest BCUT2D eigenvalue weighted by molar-refractivity contribution is 8.00. The molecule has 0 aromatic heterocycles. The molecule has 1 aliphatic rings. The molecule has 0 radical (unpaired) electrons. The molecule has 0 saturated carbocycles. The number of hydrogen-bond acceptors (Lipinski definition) is 4. The number of hydrogen-bond donors (Lipinski definition) is 1. The Morgan fingerprint density at radius 1 is 1.24 bits per heavy atom. The lowest BCUT2D eigenvalue weighted by Gasteiger charge is -2.37. The van der Waals surface area contributed by atoms with Crippen molar-refractivity contribution in [3.63, 3.8) is 0 Å². The quantitative estimate of drug-likeness (QED) is 0.880. The minimum atomic E-state index is -0.540. The Bertz CT molecular complexity index is 429. The molecule has 1 unspecified atom stereocenters. The molecule has 0 aliphatic carbocycles. The van der Waals surface area contributed by atoms with Crippen LogP contribution in [0.25, 0.3) is 0 Å². The lowest BCUT2D eigenvalue weighted by atomic mass is 9.92. The summed E-state index contributed by atoms with van der Waals surface area (Å²) in [4.78, 5) is 0. The molecule has 1 aliphatic heterocycles. The number of methoxy groups -OCH3 is 2. The molecule has 94 valence electrons. The zero-order valence-corrected chi connectivity index (χ0v) is 11.4. The molecule has 3 nitrogen and oxygen atoms in total. The molecule has 1 aromatic rings. The SMILES string of the molecule is COc1ccc(OC)c2c1CSC(C)(C)C2O.